The van der Waals surface area contributed by atoms with E-state index < -0.39 is 0 Å². The SMILES string of the molecule is CCCn1nccc1C(CSc1cccc(Br)c1)NN. The van der Waals surface area contributed by atoms with Gasteiger partial charge in [-0.15, -0.1) is 11.8 Å². The molecule has 0 saturated heterocycles. The maximum absolute atomic E-state index is 5.71. The summed E-state index contributed by atoms with van der Waals surface area (Å²) in [5.74, 6) is 6.57. The van der Waals surface area contributed by atoms with Crippen molar-refractivity contribution in [3.8, 4) is 0 Å². The minimum absolute atomic E-state index is 0.0908. The monoisotopic (exact) mass is 354 g/mol. The quantitative estimate of drug-likeness (QED) is 0.454. The number of aromatic nitrogens is 2. The van der Waals surface area contributed by atoms with E-state index in [-0.39, 0.29) is 6.04 Å². The number of rotatable bonds is 7. The Hall–Kier alpha value is -0.820. The molecule has 1 unspecified atom stereocenters. The van der Waals surface area contributed by atoms with E-state index in [2.05, 4.69) is 45.5 Å². The summed E-state index contributed by atoms with van der Waals surface area (Å²) in [5.41, 5.74) is 4.03. The van der Waals surface area contributed by atoms with E-state index in [9.17, 15) is 0 Å². The van der Waals surface area contributed by atoms with Crippen LogP contribution in [-0.4, -0.2) is 15.5 Å². The highest BCUT2D eigenvalue weighted by Crippen LogP contribution is 2.26. The molecule has 1 atom stereocenters. The molecule has 2 rings (SSSR count). The Morgan fingerprint density at radius 3 is 3.00 bits per heavy atom. The van der Waals surface area contributed by atoms with Crippen molar-refractivity contribution in [1.29, 1.82) is 0 Å². The van der Waals surface area contributed by atoms with Crippen LogP contribution in [0.3, 0.4) is 0 Å². The smallest absolute Gasteiger partial charge is 0.0722 e. The van der Waals surface area contributed by atoms with Gasteiger partial charge in [0, 0.05) is 27.9 Å². The Kier molecular flexibility index (Phi) is 6.09. The van der Waals surface area contributed by atoms with Crippen LogP contribution in [0.2, 0.25) is 0 Å². The Balaban J connectivity index is 2.03. The predicted octanol–water partition coefficient (Wildman–Crippen LogP) is 3.35. The van der Waals surface area contributed by atoms with Crippen molar-refractivity contribution >= 4 is 27.7 Å². The molecule has 0 amide bonds. The summed E-state index contributed by atoms with van der Waals surface area (Å²) in [5, 5.41) is 4.35. The molecule has 0 bridgehead atoms. The molecular formula is C14H19BrN4S. The minimum atomic E-state index is 0.0908. The second kappa shape index (κ2) is 7.83. The first-order valence-corrected chi connectivity index (χ1v) is 8.38. The van der Waals surface area contributed by atoms with Crippen LogP contribution in [0.15, 0.2) is 45.9 Å². The van der Waals surface area contributed by atoms with Crippen LogP contribution in [-0.2, 0) is 6.54 Å². The number of hydrazine groups is 1. The number of nitrogens with two attached hydrogens (primary N) is 1. The van der Waals surface area contributed by atoms with Crippen LogP contribution in [0.25, 0.3) is 0 Å². The molecule has 1 aromatic heterocycles. The number of nitrogens with zero attached hydrogens (tertiary/aromatic N) is 2. The van der Waals surface area contributed by atoms with E-state index in [1.807, 2.05) is 29.1 Å². The Labute approximate surface area is 132 Å². The fourth-order valence-electron chi connectivity index (χ4n) is 1.99. The van der Waals surface area contributed by atoms with Crippen LogP contribution >= 0.6 is 27.7 Å². The molecule has 0 aliphatic carbocycles. The Bertz CT molecular complexity index is 543. The maximum atomic E-state index is 5.71. The van der Waals surface area contributed by atoms with Gasteiger partial charge in [0.15, 0.2) is 0 Å². The molecule has 6 heteroatoms. The molecule has 0 aliphatic rings. The predicted molar refractivity (Wildman–Crippen MR) is 87.4 cm³/mol. The lowest BCUT2D eigenvalue weighted by Crippen LogP contribution is -2.31. The number of benzene rings is 1. The van der Waals surface area contributed by atoms with Crippen LogP contribution in [0.4, 0.5) is 0 Å². The number of hydrogen-bond acceptors (Lipinski definition) is 4. The van der Waals surface area contributed by atoms with Gasteiger partial charge < -0.3 is 0 Å². The Morgan fingerprint density at radius 1 is 1.45 bits per heavy atom. The second-order valence-corrected chi connectivity index (χ2v) is 6.48. The normalized spacial score (nSPS) is 12.6. The van der Waals surface area contributed by atoms with Gasteiger partial charge >= 0.3 is 0 Å². The molecule has 1 aromatic carbocycles. The van der Waals surface area contributed by atoms with E-state index in [1.165, 1.54) is 4.90 Å². The van der Waals surface area contributed by atoms with Gasteiger partial charge in [-0.3, -0.25) is 16.0 Å². The summed E-state index contributed by atoms with van der Waals surface area (Å²) in [4.78, 5) is 1.22. The van der Waals surface area contributed by atoms with Crippen molar-refractivity contribution in [3.63, 3.8) is 0 Å². The third-order valence-corrected chi connectivity index (χ3v) is 4.54. The highest BCUT2D eigenvalue weighted by molar-refractivity contribution is 9.10. The highest BCUT2D eigenvalue weighted by Gasteiger charge is 2.15. The van der Waals surface area contributed by atoms with E-state index in [4.69, 9.17) is 5.84 Å². The molecule has 0 saturated carbocycles. The molecule has 4 nitrogen and oxygen atoms in total. The van der Waals surface area contributed by atoms with Gasteiger partial charge in [0.25, 0.3) is 0 Å². The summed E-state index contributed by atoms with van der Waals surface area (Å²) in [6.07, 6.45) is 2.89. The lowest BCUT2D eigenvalue weighted by Gasteiger charge is -2.17. The van der Waals surface area contributed by atoms with Crippen LogP contribution in [0.5, 0.6) is 0 Å². The van der Waals surface area contributed by atoms with E-state index in [0.717, 1.165) is 28.9 Å². The molecule has 0 radical (unpaired) electrons. The molecule has 108 valence electrons. The third-order valence-electron chi connectivity index (χ3n) is 2.96. The first kappa shape index (κ1) is 15.6. The molecule has 1 heterocycles. The van der Waals surface area contributed by atoms with Gasteiger partial charge in [0.2, 0.25) is 0 Å². The molecule has 2 aromatic rings. The third kappa shape index (κ3) is 4.09. The molecular weight excluding hydrogens is 336 g/mol. The molecule has 3 N–H and O–H groups in total. The first-order chi connectivity index (χ1) is 9.74. The second-order valence-electron chi connectivity index (χ2n) is 4.47. The van der Waals surface area contributed by atoms with E-state index in [0.29, 0.717) is 0 Å². The number of thioether (sulfide) groups is 1. The van der Waals surface area contributed by atoms with Crippen molar-refractivity contribution in [2.24, 2.45) is 5.84 Å². The highest BCUT2D eigenvalue weighted by atomic mass is 79.9. The van der Waals surface area contributed by atoms with Gasteiger partial charge in [-0.25, -0.2) is 0 Å². The summed E-state index contributed by atoms with van der Waals surface area (Å²) < 4.78 is 3.11. The van der Waals surface area contributed by atoms with Crippen molar-refractivity contribution in [1.82, 2.24) is 15.2 Å². The number of aryl methyl sites for hydroxylation is 1. The number of halogens is 1. The number of hydrogen-bond donors (Lipinski definition) is 2. The lowest BCUT2D eigenvalue weighted by atomic mass is 10.2. The van der Waals surface area contributed by atoms with Crippen molar-refractivity contribution < 1.29 is 0 Å². The van der Waals surface area contributed by atoms with Gasteiger partial charge in [0.05, 0.1) is 11.7 Å². The van der Waals surface area contributed by atoms with E-state index in [1.54, 1.807) is 11.8 Å². The van der Waals surface area contributed by atoms with Crippen molar-refractivity contribution in [3.05, 3.63) is 46.7 Å². The van der Waals surface area contributed by atoms with Crippen molar-refractivity contribution in [2.45, 2.75) is 30.8 Å². The summed E-state index contributed by atoms with van der Waals surface area (Å²) in [6, 6.07) is 10.4. The van der Waals surface area contributed by atoms with Gasteiger partial charge in [0.1, 0.15) is 0 Å². The zero-order valence-electron chi connectivity index (χ0n) is 11.4. The standard InChI is InChI=1S/C14H19BrN4S/c1-2-8-19-14(6-7-17-19)13(18-16)10-20-12-5-3-4-11(15)9-12/h3-7,9,13,18H,2,8,10,16H2,1H3. The fourth-order valence-corrected chi connectivity index (χ4v) is 3.55. The zero-order valence-corrected chi connectivity index (χ0v) is 13.8. The topological polar surface area (TPSA) is 55.9 Å². The molecule has 20 heavy (non-hydrogen) atoms. The maximum Gasteiger partial charge on any atom is 0.0722 e. The summed E-state index contributed by atoms with van der Waals surface area (Å²) in [6.45, 7) is 3.06. The fraction of sp³-hybridized carbons (Fsp3) is 0.357. The van der Waals surface area contributed by atoms with Crippen LogP contribution in [0.1, 0.15) is 25.1 Å². The van der Waals surface area contributed by atoms with E-state index >= 15 is 0 Å². The first-order valence-electron chi connectivity index (χ1n) is 6.60. The van der Waals surface area contributed by atoms with Crippen LogP contribution in [0, 0.1) is 0 Å². The van der Waals surface area contributed by atoms with Gasteiger partial charge in [-0.2, -0.15) is 5.10 Å². The molecule has 0 fully saturated rings. The van der Waals surface area contributed by atoms with Crippen LogP contribution < -0.4 is 11.3 Å². The lowest BCUT2D eigenvalue weighted by molar-refractivity contribution is 0.508. The largest absolute Gasteiger partial charge is 0.271 e. The van der Waals surface area contributed by atoms with Crippen molar-refractivity contribution in [2.75, 3.05) is 5.75 Å². The van der Waals surface area contributed by atoms with Gasteiger partial charge in [-0.1, -0.05) is 28.9 Å². The Morgan fingerprint density at radius 2 is 2.30 bits per heavy atom. The summed E-state index contributed by atoms with van der Waals surface area (Å²) in [7, 11) is 0. The zero-order chi connectivity index (χ0) is 14.4. The molecule has 0 aliphatic heterocycles. The minimum Gasteiger partial charge on any atom is -0.271 e. The average Bonchev–Trinajstić information content (AvgIpc) is 2.89. The molecule has 0 spiro atoms. The average molecular weight is 355 g/mol. The van der Waals surface area contributed by atoms with Gasteiger partial charge in [-0.05, 0) is 30.7 Å². The summed E-state index contributed by atoms with van der Waals surface area (Å²) >= 11 is 5.27. The number of nitrogens with one attached hydrogen (secondary N) is 1.